The first kappa shape index (κ1) is 12.4. The van der Waals surface area contributed by atoms with Crippen molar-refractivity contribution in [3.8, 4) is 0 Å². The summed E-state index contributed by atoms with van der Waals surface area (Å²) in [6.07, 6.45) is 0.930. The molecule has 3 atom stereocenters. The predicted octanol–water partition coefficient (Wildman–Crippen LogP) is 2.70. The Morgan fingerprint density at radius 3 is 2.71 bits per heavy atom. The summed E-state index contributed by atoms with van der Waals surface area (Å²) in [5, 5.41) is 0. The van der Waals surface area contributed by atoms with Gasteiger partial charge in [0.1, 0.15) is 5.82 Å². The molecule has 0 aromatic heterocycles. The van der Waals surface area contributed by atoms with E-state index in [2.05, 4.69) is 18.7 Å². The van der Waals surface area contributed by atoms with Gasteiger partial charge in [-0.15, -0.1) is 0 Å². The summed E-state index contributed by atoms with van der Waals surface area (Å²) >= 11 is 0. The lowest BCUT2D eigenvalue weighted by atomic mass is 9.87. The Morgan fingerprint density at radius 1 is 1.35 bits per heavy atom. The summed E-state index contributed by atoms with van der Waals surface area (Å²) in [5.74, 6) is 0.266. The molecule has 2 rings (SSSR count). The average Bonchev–Trinajstić information content (AvgIpc) is 2.29. The lowest BCUT2D eigenvalue weighted by Crippen LogP contribution is -2.52. The molecular formula is C14H21FN2. The van der Waals surface area contributed by atoms with Gasteiger partial charge in [0.15, 0.2) is 0 Å². The molecule has 1 aromatic carbocycles. The van der Waals surface area contributed by atoms with E-state index in [1.165, 1.54) is 6.07 Å². The van der Waals surface area contributed by atoms with Gasteiger partial charge in [0.25, 0.3) is 0 Å². The van der Waals surface area contributed by atoms with Crippen LogP contribution in [0.5, 0.6) is 0 Å². The Bertz CT molecular complexity index is 385. The van der Waals surface area contributed by atoms with Gasteiger partial charge in [0, 0.05) is 18.6 Å². The maximum atomic E-state index is 14.0. The fraction of sp³-hybridized carbons (Fsp3) is 0.571. The van der Waals surface area contributed by atoms with Gasteiger partial charge in [-0.25, -0.2) is 4.39 Å². The molecule has 1 saturated heterocycles. The second-order valence-corrected chi connectivity index (χ2v) is 5.15. The minimum atomic E-state index is -0.125. The van der Waals surface area contributed by atoms with Gasteiger partial charge in [0.05, 0.1) is 5.69 Å². The molecule has 0 aliphatic carbocycles. The number of benzene rings is 1. The molecule has 0 bridgehead atoms. The molecule has 0 amide bonds. The van der Waals surface area contributed by atoms with Crippen molar-refractivity contribution in [3.63, 3.8) is 0 Å². The first-order valence-electron chi connectivity index (χ1n) is 6.29. The van der Waals surface area contributed by atoms with E-state index >= 15 is 0 Å². The molecule has 2 N–H and O–H groups in total. The summed E-state index contributed by atoms with van der Waals surface area (Å²) in [5.41, 5.74) is 7.81. The van der Waals surface area contributed by atoms with E-state index in [1.54, 1.807) is 6.07 Å². The van der Waals surface area contributed by atoms with Crippen molar-refractivity contribution in [2.75, 3.05) is 11.4 Å². The molecule has 17 heavy (non-hydrogen) atoms. The number of anilines is 1. The van der Waals surface area contributed by atoms with E-state index < -0.39 is 0 Å². The first-order valence-corrected chi connectivity index (χ1v) is 6.29. The minimum absolute atomic E-state index is 0.125. The summed E-state index contributed by atoms with van der Waals surface area (Å²) < 4.78 is 14.0. The minimum Gasteiger partial charge on any atom is -0.366 e. The molecule has 0 saturated carbocycles. The molecule has 94 valence electrons. The molecule has 3 heteroatoms. The second-order valence-electron chi connectivity index (χ2n) is 5.15. The van der Waals surface area contributed by atoms with Crippen LogP contribution in [-0.4, -0.2) is 18.6 Å². The highest BCUT2D eigenvalue weighted by Crippen LogP contribution is 2.32. The van der Waals surface area contributed by atoms with Crippen LogP contribution in [0, 0.1) is 18.7 Å². The molecule has 1 aromatic rings. The van der Waals surface area contributed by atoms with Gasteiger partial charge in [-0.2, -0.15) is 0 Å². The average molecular weight is 236 g/mol. The molecule has 0 radical (unpaired) electrons. The van der Waals surface area contributed by atoms with Gasteiger partial charge in [-0.3, -0.25) is 0 Å². The largest absolute Gasteiger partial charge is 0.366 e. The maximum absolute atomic E-state index is 14.0. The quantitative estimate of drug-likeness (QED) is 0.812. The van der Waals surface area contributed by atoms with E-state index in [0.29, 0.717) is 5.92 Å². The van der Waals surface area contributed by atoms with Crippen LogP contribution >= 0.6 is 0 Å². The number of piperidine rings is 1. The summed E-state index contributed by atoms with van der Waals surface area (Å²) in [6.45, 7) is 7.09. The van der Waals surface area contributed by atoms with Crippen LogP contribution in [0.3, 0.4) is 0 Å². The highest BCUT2D eigenvalue weighted by molar-refractivity contribution is 5.55. The fourth-order valence-corrected chi connectivity index (χ4v) is 2.70. The van der Waals surface area contributed by atoms with Gasteiger partial charge in [-0.05, 0) is 37.8 Å². The number of aryl methyl sites for hydroxylation is 1. The lowest BCUT2D eigenvalue weighted by Gasteiger charge is -2.43. The fourth-order valence-electron chi connectivity index (χ4n) is 2.70. The van der Waals surface area contributed by atoms with Crippen LogP contribution in [0.1, 0.15) is 25.8 Å². The van der Waals surface area contributed by atoms with E-state index in [9.17, 15) is 4.39 Å². The third kappa shape index (κ3) is 2.16. The van der Waals surface area contributed by atoms with Crippen LogP contribution in [0.2, 0.25) is 0 Å². The Hall–Kier alpha value is -1.09. The van der Waals surface area contributed by atoms with Crippen LogP contribution in [0.4, 0.5) is 10.1 Å². The molecule has 0 spiro atoms. The van der Waals surface area contributed by atoms with Crippen molar-refractivity contribution in [2.24, 2.45) is 11.7 Å². The first-order chi connectivity index (χ1) is 8.02. The van der Waals surface area contributed by atoms with Crippen molar-refractivity contribution in [1.29, 1.82) is 0 Å². The van der Waals surface area contributed by atoms with Crippen LogP contribution in [0.15, 0.2) is 18.2 Å². The summed E-state index contributed by atoms with van der Waals surface area (Å²) in [6, 6.07) is 5.78. The van der Waals surface area contributed by atoms with Crippen LogP contribution < -0.4 is 10.6 Å². The predicted molar refractivity (Wildman–Crippen MR) is 69.7 cm³/mol. The molecule has 1 aliphatic rings. The maximum Gasteiger partial charge on any atom is 0.146 e. The molecule has 1 fully saturated rings. The van der Waals surface area contributed by atoms with Gasteiger partial charge < -0.3 is 10.6 Å². The lowest BCUT2D eigenvalue weighted by molar-refractivity contribution is 0.313. The van der Waals surface area contributed by atoms with Crippen molar-refractivity contribution < 1.29 is 4.39 Å². The van der Waals surface area contributed by atoms with Gasteiger partial charge in [-0.1, -0.05) is 19.1 Å². The molecule has 2 nitrogen and oxygen atoms in total. The Morgan fingerprint density at radius 2 is 2.06 bits per heavy atom. The number of rotatable bonds is 1. The van der Waals surface area contributed by atoms with Gasteiger partial charge >= 0.3 is 0 Å². The highest BCUT2D eigenvalue weighted by atomic mass is 19.1. The van der Waals surface area contributed by atoms with E-state index in [0.717, 1.165) is 24.2 Å². The normalized spacial score (nSPS) is 29.5. The van der Waals surface area contributed by atoms with Crippen molar-refractivity contribution in [1.82, 2.24) is 0 Å². The number of para-hydroxylation sites is 1. The summed E-state index contributed by atoms with van der Waals surface area (Å²) in [4.78, 5) is 2.17. The Labute approximate surface area is 103 Å². The van der Waals surface area contributed by atoms with E-state index in [-0.39, 0.29) is 17.9 Å². The van der Waals surface area contributed by atoms with Gasteiger partial charge in [0.2, 0.25) is 0 Å². The Kier molecular flexibility index (Phi) is 3.38. The third-order valence-corrected chi connectivity index (χ3v) is 4.11. The van der Waals surface area contributed by atoms with Crippen molar-refractivity contribution in [2.45, 2.75) is 39.3 Å². The number of nitrogens with two attached hydrogens (primary N) is 1. The number of halogens is 1. The zero-order valence-electron chi connectivity index (χ0n) is 10.8. The number of hydrogen-bond donors (Lipinski definition) is 1. The number of hydrogen-bond acceptors (Lipinski definition) is 2. The van der Waals surface area contributed by atoms with Crippen molar-refractivity contribution >= 4 is 5.69 Å². The molecule has 1 aliphatic heterocycles. The molecular weight excluding hydrogens is 215 g/mol. The SMILES string of the molecule is Cc1cccc(F)c1N1CCC(N)C(C)C1C. The smallest absolute Gasteiger partial charge is 0.146 e. The standard InChI is InChI=1S/C14H21FN2/c1-9-5-4-6-12(15)14(9)17-8-7-13(16)10(2)11(17)3/h4-6,10-11,13H,7-8,16H2,1-3H3. The van der Waals surface area contributed by atoms with Crippen LogP contribution in [-0.2, 0) is 0 Å². The van der Waals surface area contributed by atoms with E-state index in [1.807, 2.05) is 13.0 Å². The van der Waals surface area contributed by atoms with Crippen molar-refractivity contribution in [3.05, 3.63) is 29.6 Å². The zero-order valence-corrected chi connectivity index (χ0v) is 10.8. The number of nitrogens with zero attached hydrogens (tertiary/aromatic N) is 1. The summed E-state index contributed by atoms with van der Waals surface area (Å²) in [7, 11) is 0. The highest BCUT2D eigenvalue weighted by Gasteiger charge is 2.32. The zero-order chi connectivity index (χ0) is 12.6. The monoisotopic (exact) mass is 236 g/mol. The molecule has 1 heterocycles. The second kappa shape index (κ2) is 4.65. The van der Waals surface area contributed by atoms with Crippen LogP contribution in [0.25, 0.3) is 0 Å². The topological polar surface area (TPSA) is 29.3 Å². The molecule has 3 unspecified atom stereocenters. The third-order valence-electron chi connectivity index (χ3n) is 4.11. The van der Waals surface area contributed by atoms with E-state index in [4.69, 9.17) is 5.73 Å². The Balaban J connectivity index is 2.34.